The fourth-order valence-corrected chi connectivity index (χ4v) is 2.12. The van der Waals surface area contributed by atoms with Crippen LogP contribution in [-0.4, -0.2) is 12.2 Å². The molecule has 0 saturated heterocycles. The predicted octanol–water partition coefficient (Wildman–Crippen LogP) is 4.44. The van der Waals surface area contributed by atoms with Crippen molar-refractivity contribution in [1.82, 2.24) is 5.32 Å². The Morgan fingerprint density at radius 1 is 1.29 bits per heavy atom. The Morgan fingerprint density at radius 2 is 1.94 bits per heavy atom. The molecule has 0 heterocycles. The molecule has 0 aliphatic heterocycles. The Labute approximate surface area is 108 Å². The van der Waals surface area contributed by atoms with Crippen molar-refractivity contribution >= 4 is 15.9 Å². The van der Waals surface area contributed by atoms with Gasteiger partial charge in [-0.25, -0.2) is 0 Å². The smallest absolute Gasteiger partial charge is 0.307 e. The first-order valence-corrected chi connectivity index (χ1v) is 6.15. The first-order valence-electron chi connectivity index (χ1n) is 5.36. The molecule has 0 fully saturated rings. The largest absolute Gasteiger partial charge is 0.390 e. The zero-order valence-electron chi connectivity index (χ0n) is 9.68. The van der Waals surface area contributed by atoms with Crippen LogP contribution in [-0.2, 0) is 0 Å². The van der Waals surface area contributed by atoms with Gasteiger partial charge in [-0.05, 0) is 31.5 Å². The summed E-state index contributed by atoms with van der Waals surface area (Å²) in [6.45, 7) is 3.40. The Morgan fingerprint density at radius 3 is 2.47 bits per heavy atom. The summed E-state index contributed by atoms with van der Waals surface area (Å²) in [4.78, 5) is 0. The highest BCUT2D eigenvalue weighted by molar-refractivity contribution is 9.10. The Bertz CT molecular complexity index is 365. The molecule has 0 bridgehead atoms. The SMILES string of the molecule is CC(CC(F)(F)F)NC(C)c1cccc(Br)c1. The number of rotatable bonds is 4. The fraction of sp³-hybridized carbons (Fsp3) is 0.500. The lowest BCUT2D eigenvalue weighted by molar-refractivity contribution is -0.139. The van der Waals surface area contributed by atoms with E-state index in [1.165, 1.54) is 0 Å². The van der Waals surface area contributed by atoms with Crippen molar-refractivity contribution in [2.45, 2.75) is 38.5 Å². The number of halogens is 4. The van der Waals surface area contributed by atoms with Crippen LogP contribution in [0, 0.1) is 0 Å². The third-order valence-corrected chi connectivity index (χ3v) is 2.91. The summed E-state index contributed by atoms with van der Waals surface area (Å²) in [6.07, 6.45) is -4.94. The molecule has 0 amide bonds. The number of hydrogen-bond donors (Lipinski definition) is 1. The molecule has 0 aromatic heterocycles. The van der Waals surface area contributed by atoms with Crippen molar-refractivity contribution in [3.8, 4) is 0 Å². The molecule has 0 aliphatic carbocycles. The highest BCUT2D eigenvalue weighted by Crippen LogP contribution is 2.23. The van der Waals surface area contributed by atoms with E-state index in [2.05, 4.69) is 21.2 Å². The molecule has 1 nitrogen and oxygen atoms in total. The van der Waals surface area contributed by atoms with E-state index in [0.717, 1.165) is 10.0 Å². The first kappa shape index (κ1) is 14.5. The monoisotopic (exact) mass is 309 g/mol. The van der Waals surface area contributed by atoms with Gasteiger partial charge in [0.15, 0.2) is 0 Å². The summed E-state index contributed by atoms with van der Waals surface area (Å²) in [6, 6.07) is 6.84. The van der Waals surface area contributed by atoms with Gasteiger partial charge in [0.1, 0.15) is 0 Å². The standard InChI is InChI=1S/C12H15BrF3N/c1-8(7-12(14,15)16)17-9(2)10-4-3-5-11(13)6-10/h3-6,8-9,17H,7H2,1-2H3. The topological polar surface area (TPSA) is 12.0 Å². The van der Waals surface area contributed by atoms with Gasteiger partial charge in [-0.3, -0.25) is 0 Å². The van der Waals surface area contributed by atoms with Crippen molar-refractivity contribution < 1.29 is 13.2 Å². The van der Waals surface area contributed by atoms with Crippen LogP contribution in [0.15, 0.2) is 28.7 Å². The van der Waals surface area contributed by atoms with Crippen LogP contribution < -0.4 is 5.32 Å². The maximum Gasteiger partial charge on any atom is 0.390 e. The van der Waals surface area contributed by atoms with Gasteiger partial charge in [0, 0.05) is 16.6 Å². The third-order valence-electron chi connectivity index (χ3n) is 2.42. The van der Waals surface area contributed by atoms with E-state index < -0.39 is 18.6 Å². The van der Waals surface area contributed by atoms with Crippen molar-refractivity contribution in [3.05, 3.63) is 34.3 Å². The van der Waals surface area contributed by atoms with Crippen LogP contribution in [0.3, 0.4) is 0 Å². The van der Waals surface area contributed by atoms with Gasteiger partial charge in [-0.15, -0.1) is 0 Å². The first-order chi connectivity index (χ1) is 7.78. The van der Waals surface area contributed by atoms with E-state index >= 15 is 0 Å². The molecule has 17 heavy (non-hydrogen) atoms. The summed E-state index contributed by atoms with van der Waals surface area (Å²) in [5.41, 5.74) is 0.966. The second-order valence-corrected chi connectivity index (χ2v) is 5.08. The number of benzene rings is 1. The highest BCUT2D eigenvalue weighted by Gasteiger charge is 2.30. The number of nitrogens with one attached hydrogen (secondary N) is 1. The lowest BCUT2D eigenvalue weighted by atomic mass is 10.1. The van der Waals surface area contributed by atoms with Gasteiger partial charge in [0.05, 0.1) is 6.42 Å². The third kappa shape index (κ3) is 5.55. The molecule has 96 valence electrons. The Hall–Kier alpha value is -0.550. The second kappa shape index (κ2) is 5.87. The van der Waals surface area contributed by atoms with E-state index in [1.54, 1.807) is 6.92 Å². The molecule has 2 unspecified atom stereocenters. The van der Waals surface area contributed by atoms with Crippen molar-refractivity contribution in [3.63, 3.8) is 0 Å². The molecule has 0 saturated carbocycles. The maximum absolute atomic E-state index is 12.2. The Kier molecular flexibility index (Phi) is 5.01. The average Bonchev–Trinajstić information content (AvgIpc) is 2.14. The Balaban J connectivity index is 2.57. The predicted molar refractivity (Wildman–Crippen MR) is 65.8 cm³/mol. The van der Waals surface area contributed by atoms with E-state index in [4.69, 9.17) is 0 Å². The molecule has 1 aromatic rings. The van der Waals surface area contributed by atoms with Crippen LogP contribution in [0.2, 0.25) is 0 Å². The van der Waals surface area contributed by atoms with Crippen LogP contribution in [0.1, 0.15) is 31.9 Å². The summed E-state index contributed by atoms with van der Waals surface area (Å²) in [7, 11) is 0. The molecule has 5 heteroatoms. The van der Waals surface area contributed by atoms with E-state index in [1.807, 2.05) is 31.2 Å². The van der Waals surface area contributed by atoms with Crippen LogP contribution in [0.4, 0.5) is 13.2 Å². The van der Waals surface area contributed by atoms with E-state index in [-0.39, 0.29) is 6.04 Å². The van der Waals surface area contributed by atoms with Crippen molar-refractivity contribution in [1.29, 1.82) is 0 Å². The van der Waals surface area contributed by atoms with Crippen molar-refractivity contribution in [2.24, 2.45) is 0 Å². The molecular formula is C12H15BrF3N. The van der Waals surface area contributed by atoms with Gasteiger partial charge in [-0.1, -0.05) is 28.1 Å². The summed E-state index contributed by atoms with van der Waals surface area (Å²) in [5, 5.41) is 2.94. The minimum Gasteiger partial charge on any atom is -0.307 e. The van der Waals surface area contributed by atoms with Crippen LogP contribution >= 0.6 is 15.9 Å². The van der Waals surface area contributed by atoms with Gasteiger partial charge in [0.2, 0.25) is 0 Å². The second-order valence-electron chi connectivity index (χ2n) is 4.16. The molecule has 0 spiro atoms. The van der Waals surface area contributed by atoms with Gasteiger partial charge < -0.3 is 5.32 Å². The van der Waals surface area contributed by atoms with Crippen LogP contribution in [0.5, 0.6) is 0 Å². The quantitative estimate of drug-likeness (QED) is 0.867. The average molecular weight is 310 g/mol. The number of hydrogen-bond acceptors (Lipinski definition) is 1. The van der Waals surface area contributed by atoms with E-state index in [0.29, 0.717) is 0 Å². The molecule has 0 radical (unpaired) electrons. The summed E-state index contributed by atoms with van der Waals surface area (Å²) in [5.74, 6) is 0. The minimum atomic E-state index is -4.12. The van der Waals surface area contributed by atoms with E-state index in [9.17, 15) is 13.2 Å². The van der Waals surface area contributed by atoms with Crippen LogP contribution in [0.25, 0.3) is 0 Å². The summed E-state index contributed by atoms with van der Waals surface area (Å²) >= 11 is 3.34. The molecule has 1 aromatic carbocycles. The van der Waals surface area contributed by atoms with Gasteiger partial charge in [0.25, 0.3) is 0 Å². The molecule has 1 N–H and O–H groups in total. The minimum absolute atomic E-state index is 0.107. The number of alkyl halides is 3. The maximum atomic E-state index is 12.2. The zero-order valence-corrected chi connectivity index (χ0v) is 11.3. The molecular weight excluding hydrogens is 295 g/mol. The molecule has 2 atom stereocenters. The summed E-state index contributed by atoms with van der Waals surface area (Å²) < 4.78 is 37.4. The molecule has 0 aliphatic rings. The normalized spacial score (nSPS) is 15.6. The van der Waals surface area contributed by atoms with Crippen molar-refractivity contribution in [2.75, 3.05) is 0 Å². The lowest BCUT2D eigenvalue weighted by Crippen LogP contribution is -2.33. The lowest BCUT2D eigenvalue weighted by Gasteiger charge is -2.21. The van der Waals surface area contributed by atoms with Gasteiger partial charge in [-0.2, -0.15) is 13.2 Å². The highest BCUT2D eigenvalue weighted by atomic mass is 79.9. The van der Waals surface area contributed by atoms with Gasteiger partial charge >= 0.3 is 6.18 Å². The molecule has 1 rings (SSSR count). The fourth-order valence-electron chi connectivity index (χ4n) is 1.71. The zero-order chi connectivity index (χ0) is 13.1.